The molecule has 1 heterocycles. The summed E-state index contributed by atoms with van der Waals surface area (Å²) in [6, 6.07) is 7.84. The van der Waals surface area contributed by atoms with Crippen molar-refractivity contribution in [1.29, 1.82) is 0 Å². The lowest BCUT2D eigenvalue weighted by Crippen LogP contribution is -2.38. The molecule has 3 rings (SSSR count). The molecule has 0 bridgehead atoms. The van der Waals surface area contributed by atoms with Crippen LogP contribution in [0.15, 0.2) is 24.3 Å². The first-order valence-corrected chi connectivity index (χ1v) is 6.12. The average Bonchev–Trinajstić information content (AvgIpc) is 3.00. The van der Waals surface area contributed by atoms with E-state index in [1.807, 2.05) is 24.3 Å². The Bertz CT molecular complexity index is 397. The molecule has 1 aromatic rings. The lowest BCUT2D eigenvalue weighted by molar-refractivity contribution is -0.0104. The zero-order chi connectivity index (χ0) is 11.2. The fourth-order valence-electron chi connectivity index (χ4n) is 2.73. The maximum absolute atomic E-state index is 10.2. The molecule has 2 nitrogen and oxygen atoms in total. The van der Waals surface area contributed by atoms with Gasteiger partial charge in [0.2, 0.25) is 0 Å². The molecule has 1 fully saturated rings. The monoisotopic (exact) mass is 218 g/mol. The Labute approximate surface area is 96.2 Å². The SMILES string of the molecule is CC1(CC2CC2)C[C@H](O)c2ccccc2O1. The normalized spacial score (nSPS) is 33.0. The number of rotatable bonds is 2. The number of aliphatic hydroxyl groups is 1. The van der Waals surface area contributed by atoms with Crippen molar-refractivity contribution in [3.8, 4) is 5.75 Å². The van der Waals surface area contributed by atoms with Crippen LogP contribution in [0.4, 0.5) is 0 Å². The summed E-state index contributed by atoms with van der Waals surface area (Å²) in [6.45, 7) is 2.13. The Balaban J connectivity index is 1.87. The molecule has 0 aromatic heterocycles. The van der Waals surface area contributed by atoms with E-state index in [1.165, 1.54) is 12.8 Å². The highest BCUT2D eigenvalue weighted by Gasteiger charge is 2.40. The molecular weight excluding hydrogens is 200 g/mol. The number of hydrogen-bond acceptors (Lipinski definition) is 2. The lowest BCUT2D eigenvalue weighted by Gasteiger charge is -2.38. The third-order valence-corrected chi connectivity index (χ3v) is 3.68. The Kier molecular flexibility index (Phi) is 2.21. The fourth-order valence-corrected chi connectivity index (χ4v) is 2.73. The summed E-state index contributed by atoms with van der Waals surface area (Å²) in [6.07, 6.45) is 4.10. The Morgan fingerprint density at radius 3 is 2.88 bits per heavy atom. The molecule has 0 spiro atoms. The number of aliphatic hydroxyl groups excluding tert-OH is 1. The fraction of sp³-hybridized carbons (Fsp3) is 0.571. The molecule has 0 amide bonds. The highest BCUT2D eigenvalue weighted by atomic mass is 16.5. The molecule has 2 aliphatic rings. The molecule has 1 aliphatic carbocycles. The Hall–Kier alpha value is -1.02. The summed E-state index contributed by atoms with van der Waals surface area (Å²) in [5.74, 6) is 1.69. The third-order valence-electron chi connectivity index (χ3n) is 3.68. The summed E-state index contributed by atoms with van der Waals surface area (Å²) in [4.78, 5) is 0. The summed E-state index contributed by atoms with van der Waals surface area (Å²) in [5, 5.41) is 10.2. The van der Waals surface area contributed by atoms with E-state index in [-0.39, 0.29) is 11.7 Å². The van der Waals surface area contributed by atoms with Crippen LogP contribution < -0.4 is 4.74 Å². The summed E-state index contributed by atoms with van der Waals surface area (Å²) in [5.41, 5.74) is 0.769. The minimum Gasteiger partial charge on any atom is -0.487 e. The van der Waals surface area contributed by atoms with Gasteiger partial charge in [-0.1, -0.05) is 31.0 Å². The average molecular weight is 218 g/mol. The smallest absolute Gasteiger partial charge is 0.125 e. The molecule has 1 aliphatic heterocycles. The maximum atomic E-state index is 10.2. The molecule has 0 radical (unpaired) electrons. The van der Waals surface area contributed by atoms with E-state index in [2.05, 4.69) is 6.92 Å². The molecule has 86 valence electrons. The molecule has 2 heteroatoms. The van der Waals surface area contributed by atoms with Gasteiger partial charge < -0.3 is 9.84 Å². The molecule has 1 unspecified atom stereocenters. The predicted molar refractivity (Wildman–Crippen MR) is 62.4 cm³/mol. The van der Waals surface area contributed by atoms with Crippen LogP contribution in [-0.4, -0.2) is 10.7 Å². The highest BCUT2D eigenvalue weighted by molar-refractivity contribution is 5.37. The van der Waals surface area contributed by atoms with Crippen LogP contribution in [0.1, 0.15) is 44.3 Å². The van der Waals surface area contributed by atoms with Gasteiger partial charge in [-0.05, 0) is 25.3 Å². The van der Waals surface area contributed by atoms with Gasteiger partial charge in [0.05, 0.1) is 6.10 Å². The Morgan fingerprint density at radius 1 is 1.38 bits per heavy atom. The van der Waals surface area contributed by atoms with E-state index < -0.39 is 0 Å². The standard InChI is InChI=1S/C14H18O2/c1-14(8-10-6-7-10)9-12(15)11-4-2-3-5-13(11)16-14/h2-5,10,12,15H,6-9H2,1H3/t12-,14?/m0/s1. The molecule has 2 atom stereocenters. The second kappa shape index (κ2) is 3.49. The summed E-state index contributed by atoms with van der Waals surface area (Å²) >= 11 is 0. The summed E-state index contributed by atoms with van der Waals surface area (Å²) < 4.78 is 6.08. The van der Waals surface area contributed by atoms with Crippen LogP contribution in [0.25, 0.3) is 0 Å². The van der Waals surface area contributed by atoms with Crippen molar-refractivity contribution in [3.05, 3.63) is 29.8 Å². The van der Waals surface area contributed by atoms with Crippen LogP contribution in [0.2, 0.25) is 0 Å². The van der Waals surface area contributed by atoms with E-state index in [0.29, 0.717) is 0 Å². The van der Waals surface area contributed by atoms with E-state index in [0.717, 1.165) is 30.1 Å². The zero-order valence-electron chi connectivity index (χ0n) is 9.65. The molecule has 1 N–H and O–H groups in total. The van der Waals surface area contributed by atoms with Crippen LogP contribution in [0.5, 0.6) is 5.75 Å². The minimum atomic E-state index is -0.367. The quantitative estimate of drug-likeness (QED) is 0.826. The number of fused-ring (bicyclic) bond motifs is 1. The van der Waals surface area contributed by atoms with Crippen LogP contribution in [0.3, 0.4) is 0 Å². The molecule has 1 aromatic carbocycles. The van der Waals surface area contributed by atoms with Gasteiger partial charge in [-0.3, -0.25) is 0 Å². The molecule has 0 saturated heterocycles. The number of hydrogen-bond donors (Lipinski definition) is 1. The number of para-hydroxylation sites is 1. The van der Waals surface area contributed by atoms with Gasteiger partial charge in [-0.2, -0.15) is 0 Å². The van der Waals surface area contributed by atoms with E-state index >= 15 is 0 Å². The van der Waals surface area contributed by atoms with Crippen LogP contribution in [-0.2, 0) is 0 Å². The van der Waals surface area contributed by atoms with Crippen molar-refractivity contribution in [3.63, 3.8) is 0 Å². The largest absolute Gasteiger partial charge is 0.487 e. The Morgan fingerprint density at radius 2 is 2.12 bits per heavy atom. The first-order valence-electron chi connectivity index (χ1n) is 6.12. The maximum Gasteiger partial charge on any atom is 0.125 e. The number of ether oxygens (including phenoxy) is 1. The molecule has 1 saturated carbocycles. The minimum absolute atomic E-state index is 0.172. The van der Waals surface area contributed by atoms with E-state index in [1.54, 1.807) is 0 Å². The molecular formula is C14H18O2. The third kappa shape index (κ3) is 1.82. The highest BCUT2D eigenvalue weighted by Crippen LogP contribution is 2.46. The van der Waals surface area contributed by atoms with Gasteiger partial charge in [0.25, 0.3) is 0 Å². The first kappa shape index (κ1) is 10.2. The van der Waals surface area contributed by atoms with Crippen molar-refractivity contribution < 1.29 is 9.84 Å². The first-order chi connectivity index (χ1) is 7.66. The zero-order valence-corrected chi connectivity index (χ0v) is 9.65. The van der Waals surface area contributed by atoms with Crippen molar-refractivity contribution in [2.75, 3.05) is 0 Å². The van der Waals surface area contributed by atoms with Gasteiger partial charge in [0.1, 0.15) is 11.4 Å². The predicted octanol–water partition coefficient (Wildman–Crippen LogP) is 3.06. The van der Waals surface area contributed by atoms with Crippen molar-refractivity contribution >= 4 is 0 Å². The van der Waals surface area contributed by atoms with Crippen LogP contribution >= 0.6 is 0 Å². The summed E-state index contributed by atoms with van der Waals surface area (Å²) in [7, 11) is 0. The van der Waals surface area contributed by atoms with Gasteiger partial charge in [0, 0.05) is 12.0 Å². The van der Waals surface area contributed by atoms with Gasteiger partial charge in [-0.15, -0.1) is 0 Å². The van der Waals surface area contributed by atoms with Crippen LogP contribution in [0, 0.1) is 5.92 Å². The van der Waals surface area contributed by atoms with Crippen molar-refractivity contribution in [2.24, 2.45) is 5.92 Å². The van der Waals surface area contributed by atoms with Gasteiger partial charge >= 0.3 is 0 Å². The van der Waals surface area contributed by atoms with Gasteiger partial charge in [-0.25, -0.2) is 0 Å². The lowest BCUT2D eigenvalue weighted by atomic mass is 9.86. The second-order valence-corrected chi connectivity index (χ2v) is 5.46. The topological polar surface area (TPSA) is 29.5 Å². The number of benzene rings is 1. The van der Waals surface area contributed by atoms with E-state index in [4.69, 9.17) is 4.74 Å². The van der Waals surface area contributed by atoms with E-state index in [9.17, 15) is 5.11 Å². The second-order valence-electron chi connectivity index (χ2n) is 5.46. The van der Waals surface area contributed by atoms with Gasteiger partial charge in [0.15, 0.2) is 0 Å². The molecule has 16 heavy (non-hydrogen) atoms. The van der Waals surface area contributed by atoms with Crippen molar-refractivity contribution in [2.45, 2.75) is 44.3 Å². The van der Waals surface area contributed by atoms with Crippen molar-refractivity contribution in [1.82, 2.24) is 0 Å².